The first-order valence-electron chi connectivity index (χ1n) is 14.7. The summed E-state index contributed by atoms with van der Waals surface area (Å²) in [6.07, 6.45) is 2.87. The summed E-state index contributed by atoms with van der Waals surface area (Å²) in [6, 6.07) is 11.1. The highest BCUT2D eigenvalue weighted by atomic mass is 32.2. The summed E-state index contributed by atoms with van der Waals surface area (Å²) < 4.78 is 18.7. The number of methoxy groups -OCH3 is 4. The number of nitro benzene ring substituents is 1. The predicted octanol–water partition coefficient (Wildman–Crippen LogP) is 5.53. The second kappa shape index (κ2) is 13.8. The van der Waals surface area contributed by atoms with Crippen LogP contribution in [0, 0.1) is 17.0 Å². The van der Waals surface area contributed by atoms with Gasteiger partial charge < -0.3 is 18.9 Å². The molecule has 3 heterocycles. The zero-order valence-electron chi connectivity index (χ0n) is 27.8. The van der Waals surface area contributed by atoms with Crippen molar-refractivity contribution >= 4 is 88.1 Å². The summed E-state index contributed by atoms with van der Waals surface area (Å²) in [6.45, 7) is 5.38. The van der Waals surface area contributed by atoms with E-state index in [2.05, 4.69) is 0 Å². The number of amides is 1. The first-order valence-corrected chi connectivity index (χ1v) is 17.1. The van der Waals surface area contributed by atoms with Gasteiger partial charge in [0, 0.05) is 34.3 Å². The van der Waals surface area contributed by atoms with Crippen LogP contribution in [0.2, 0.25) is 0 Å². The molecule has 0 aromatic heterocycles. The van der Waals surface area contributed by atoms with E-state index >= 15 is 0 Å². The Balaban J connectivity index is 1.78. The molecular weight excluding hydrogens is 709 g/mol. The third-order valence-corrected chi connectivity index (χ3v) is 12.7. The second-order valence-electron chi connectivity index (χ2n) is 11.4. The maximum Gasteiger partial charge on any atom is 0.345 e. The van der Waals surface area contributed by atoms with Gasteiger partial charge in [0.15, 0.2) is 0 Å². The molecule has 2 aromatic rings. The number of anilines is 1. The van der Waals surface area contributed by atoms with Crippen molar-refractivity contribution in [3.63, 3.8) is 0 Å². The fourth-order valence-corrected chi connectivity index (χ4v) is 10.8. The first kappa shape index (κ1) is 36.5. The molecule has 0 saturated carbocycles. The molecular formula is C34H30N2O11S3. The van der Waals surface area contributed by atoms with E-state index < -0.39 is 44.3 Å². The Kier molecular flexibility index (Phi) is 10.1. The summed E-state index contributed by atoms with van der Waals surface area (Å²) >= 11 is 2.61. The van der Waals surface area contributed by atoms with Crippen LogP contribution in [-0.2, 0) is 42.9 Å². The van der Waals surface area contributed by atoms with Crippen LogP contribution >= 0.6 is 35.3 Å². The smallest absolute Gasteiger partial charge is 0.345 e. The molecule has 0 aliphatic carbocycles. The lowest BCUT2D eigenvalue weighted by atomic mass is 9.83. The fraction of sp³-hybridized carbons (Fsp3) is 0.265. The number of carbonyl (C=O) groups excluding carboxylic acids is 5. The number of benzene rings is 2. The first-order chi connectivity index (χ1) is 23.7. The number of hydrogen-bond donors (Lipinski definition) is 0. The van der Waals surface area contributed by atoms with Crippen molar-refractivity contribution in [1.82, 2.24) is 0 Å². The molecule has 1 spiro atoms. The van der Waals surface area contributed by atoms with Gasteiger partial charge in [0.05, 0.1) is 50.2 Å². The fourth-order valence-electron chi connectivity index (χ4n) is 5.77. The van der Waals surface area contributed by atoms with Crippen LogP contribution in [0.4, 0.5) is 11.4 Å². The number of ether oxygens (including phenoxy) is 4. The van der Waals surface area contributed by atoms with Crippen molar-refractivity contribution < 1.29 is 47.8 Å². The van der Waals surface area contributed by atoms with Crippen LogP contribution in [0.5, 0.6) is 0 Å². The van der Waals surface area contributed by atoms with Crippen molar-refractivity contribution in [1.29, 1.82) is 0 Å². The quantitative estimate of drug-likeness (QED) is 0.114. The maximum atomic E-state index is 14.3. The number of non-ortho nitro benzene ring substituents is 1. The molecule has 3 aliphatic rings. The number of rotatable bonds is 7. The van der Waals surface area contributed by atoms with Gasteiger partial charge in [-0.05, 0) is 56.2 Å². The number of fused-ring (bicyclic) bond motifs is 3. The van der Waals surface area contributed by atoms with E-state index in [-0.39, 0.29) is 26.0 Å². The molecule has 50 heavy (non-hydrogen) atoms. The second-order valence-corrected chi connectivity index (χ2v) is 15.1. The Hall–Kier alpha value is -4.80. The van der Waals surface area contributed by atoms with Gasteiger partial charge in [0.1, 0.15) is 18.8 Å². The van der Waals surface area contributed by atoms with Gasteiger partial charge in [-0.2, -0.15) is 0 Å². The molecule has 16 heteroatoms. The van der Waals surface area contributed by atoms with Crippen LogP contribution in [-0.4, -0.2) is 72.8 Å². The van der Waals surface area contributed by atoms with Crippen molar-refractivity contribution in [2.45, 2.75) is 30.4 Å². The Morgan fingerprint density at radius 2 is 1.34 bits per heavy atom. The van der Waals surface area contributed by atoms with E-state index in [1.54, 1.807) is 30.9 Å². The van der Waals surface area contributed by atoms with Crippen LogP contribution in [0.3, 0.4) is 0 Å². The summed E-state index contributed by atoms with van der Waals surface area (Å²) in [5.74, 6) is -3.97. The Morgan fingerprint density at radius 1 is 0.800 bits per heavy atom. The SMILES string of the molecule is COC(=O)C1=C(C(=O)OC)SC2(S1)C(C(=O)OC)=C(C(=O)OC)SC1=C2c2ccc(C)cc2N(C(=O)C=Cc2ccc([N+](=O)[O-])cc2)C1(C)C. The van der Waals surface area contributed by atoms with Gasteiger partial charge in [0.25, 0.3) is 11.6 Å². The third-order valence-electron chi connectivity index (χ3n) is 8.04. The lowest BCUT2D eigenvalue weighted by Crippen LogP contribution is -2.53. The summed E-state index contributed by atoms with van der Waals surface area (Å²) in [4.78, 5) is 80.1. The average molecular weight is 739 g/mol. The van der Waals surface area contributed by atoms with Gasteiger partial charge in [0.2, 0.25) is 0 Å². The Morgan fingerprint density at radius 3 is 1.86 bits per heavy atom. The van der Waals surface area contributed by atoms with E-state index in [1.165, 1.54) is 36.4 Å². The molecule has 13 nitrogen and oxygen atoms in total. The van der Waals surface area contributed by atoms with Gasteiger partial charge >= 0.3 is 23.9 Å². The minimum absolute atomic E-state index is 0.0959. The zero-order chi connectivity index (χ0) is 36.7. The Labute approximate surface area is 299 Å². The van der Waals surface area contributed by atoms with Crippen molar-refractivity contribution in [2.75, 3.05) is 33.3 Å². The molecule has 260 valence electrons. The molecule has 2 aromatic carbocycles. The monoisotopic (exact) mass is 738 g/mol. The van der Waals surface area contributed by atoms with Gasteiger partial charge in [-0.25, -0.2) is 19.2 Å². The number of hydrogen-bond acceptors (Lipinski definition) is 14. The lowest BCUT2D eigenvalue weighted by Gasteiger charge is -2.50. The molecule has 3 aliphatic heterocycles. The van der Waals surface area contributed by atoms with E-state index in [4.69, 9.17) is 18.9 Å². The molecule has 0 fully saturated rings. The summed E-state index contributed by atoms with van der Waals surface area (Å²) in [5.41, 5.74) is 1.23. The molecule has 0 N–H and O–H groups in total. The van der Waals surface area contributed by atoms with Crippen LogP contribution in [0.25, 0.3) is 11.6 Å². The topological polar surface area (TPSA) is 169 Å². The normalized spacial score (nSPS) is 17.4. The number of aryl methyl sites for hydroxylation is 1. The minimum Gasteiger partial charge on any atom is -0.466 e. The van der Waals surface area contributed by atoms with Crippen LogP contribution in [0.1, 0.15) is 30.5 Å². The molecule has 0 unspecified atom stereocenters. The molecule has 0 saturated heterocycles. The number of nitrogens with zero attached hydrogens (tertiary/aromatic N) is 2. The van der Waals surface area contributed by atoms with Crippen LogP contribution < -0.4 is 4.90 Å². The number of carbonyl (C=O) groups is 5. The van der Waals surface area contributed by atoms with Crippen molar-refractivity contribution in [2.24, 2.45) is 0 Å². The van der Waals surface area contributed by atoms with E-state index in [0.29, 0.717) is 27.3 Å². The Bertz CT molecular complexity index is 1970. The number of esters is 4. The molecule has 0 radical (unpaired) electrons. The van der Waals surface area contributed by atoms with Gasteiger partial charge in [-0.15, -0.1) is 0 Å². The highest BCUT2D eigenvalue weighted by Crippen LogP contribution is 2.71. The van der Waals surface area contributed by atoms with Crippen LogP contribution in [0.15, 0.2) is 73.7 Å². The maximum absolute atomic E-state index is 14.3. The summed E-state index contributed by atoms with van der Waals surface area (Å²) in [7, 11) is 4.59. The van der Waals surface area contributed by atoms with Gasteiger partial charge in [-0.1, -0.05) is 47.4 Å². The number of thioether (sulfide) groups is 3. The molecule has 5 rings (SSSR count). The van der Waals surface area contributed by atoms with E-state index in [1.807, 2.05) is 13.0 Å². The lowest BCUT2D eigenvalue weighted by molar-refractivity contribution is -0.384. The van der Waals surface area contributed by atoms with Crippen molar-refractivity contribution in [3.05, 3.63) is 101 Å². The third kappa shape index (κ3) is 6.00. The standard InChI is InChI=1S/C34H30N2O11S3/c1-17-8-14-20-21(16-17)35(22(37)15-11-18-9-12-19(13-10-18)36(42)43)33(2,3)28-23(20)34(24(29(38)44-4)25(48-28)30(39)45-5)49-26(31(40)46-6)27(50-34)32(41)47-7/h8-16H,1-7H3. The van der Waals surface area contributed by atoms with Crippen molar-refractivity contribution in [3.8, 4) is 0 Å². The molecule has 0 atom stereocenters. The molecule has 0 bridgehead atoms. The average Bonchev–Trinajstić information content (AvgIpc) is 3.49. The molecule has 1 amide bonds. The minimum atomic E-state index is -1.70. The van der Waals surface area contributed by atoms with Gasteiger partial charge in [-0.3, -0.25) is 19.8 Å². The summed E-state index contributed by atoms with van der Waals surface area (Å²) in [5, 5.41) is 11.1. The zero-order valence-corrected chi connectivity index (χ0v) is 30.3. The predicted molar refractivity (Wildman–Crippen MR) is 189 cm³/mol. The number of nitro groups is 1. The largest absolute Gasteiger partial charge is 0.466 e. The van der Waals surface area contributed by atoms with E-state index in [0.717, 1.165) is 69.3 Å². The van der Waals surface area contributed by atoms with E-state index in [9.17, 15) is 34.1 Å². The highest BCUT2D eigenvalue weighted by molar-refractivity contribution is 8.26. The highest BCUT2D eigenvalue weighted by Gasteiger charge is 2.61.